The highest BCUT2D eigenvalue weighted by Crippen LogP contribution is 2.24. The molecule has 0 aliphatic heterocycles. The summed E-state index contributed by atoms with van der Waals surface area (Å²) in [5, 5.41) is 17.6. The van der Waals surface area contributed by atoms with Crippen LogP contribution in [0.25, 0.3) is 0 Å². The Morgan fingerprint density at radius 1 is 1.47 bits per heavy atom. The van der Waals surface area contributed by atoms with E-state index < -0.39 is 0 Å². The molecule has 19 heavy (non-hydrogen) atoms. The summed E-state index contributed by atoms with van der Waals surface area (Å²) >= 11 is 0. The lowest BCUT2D eigenvalue weighted by Gasteiger charge is -2.30. The number of hydrogen-bond acceptors (Lipinski definition) is 3. The second-order valence-electron chi connectivity index (χ2n) is 5.76. The summed E-state index contributed by atoms with van der Waals surface area (Å²) in [5.74, 6) is 0.422. The van der Waals surface area contributed by atoms with Gasteiger partial charge in [0.1, 0.15) is 0 Å². The molecule has 2 N–H and O–H groups in total. The summed E-state index contributed by atoms with van der Waals surface area (Å²) in [4.78, 5) is 0. The van der Waals surface area contributed by atoms with Crippen molar-refractivity contribution >= 4 is 0 Å². The number of aliphatic hydroxyl groups excluding tert-OH is 1. The minimum absolute atomic E-state index is 0.305. The number of nitrogens with zero attached hydrogens (tertiary/aromatic N) is 2. The molecule has 4 nitrogen and oxygen atoms in total. The molecule has 1 heterocycles. The molecule has 3 unspecified atom stereocenters. The van der Waals surface area contributed by atoms with Gasteiger partial charge in [0.2, 0.25) is 0 Å². The maximum absolute atomic E-state index is 9.41. The highest BCUT2D eigenvalue weighted by molar-refractivity contribution is 5.00. The lowest BCUT2D eigenvalue weighted by atomic mass is 9.85. The molecule has 108 valence electrons. The first kappa shape index (κ1) is 14.5. The Labute approximate surface area is 116 Å². The van der Waals surface area contributed by atoms with E-state index in [2.05, 4.69) is 36.5 Å². The molecule has 1 aromatic rings. The average Bonchev–Trinajstić information content (AvgIpc) is 2.93. The standard InChI is InChI=1S/C15H27N3O/c1-3-12(2)18-9-8-14(17-18)10-16-15-7-5-4-6-13(15)11-19/h8-9,12-13,15-16,19H,3-7,10-11H2,1-2H3. The van der Waals surface area contributed by atoms with Gasteiger partial charge in [-0.15, -0.1) is 0 Å². The fourth-order valence-corrected chi connectivity index (χ4v) is 2.83. The third kappa shape index (κ3) is 3.80. The van der Waals surface area contributed by atoms with Gasteiger partial charge < -0.3 is 10.4 Å². The molecule has 0 spiro atoms. The van der Waals surface area contributed by atoms with Crippen LogP contribution in [0, 0.1) is 5.92 Å². The Morgan fingerprint density at radius 3 is 3.00 bits per heavy atom. The van der Waals surface area contributed by atoms with E-state index >= 15 is 0 Å². The van der Waals surface area contributed by atoms with Crippen molar-refractivity contribution in [2.45, 2.75) is 64.6 Å². The van der Waals surface area contributed by atoms with Crippen molar-refractivity contribution in [1.82, 2.24) is 15.1 Å². The third-order valence-corrected chi connectivity index (χ3v) is 4.39. The predicted octanol–water partition coefficient (Wildman–Crippen LogP) is 2.49. The van der Waals surface area contributed by atoms with Crippen LogP contribution in [0.5, 0.6) is 0 Å². The molecule has 2 rings (SSSR count). The Balaban J connectivity index is 1.85. The SMILES string of the molecule is CCC(C)n1ccc(CNC2CCCCC2CO)n1. The maximum atomic E-state index is 9.41. The van der Waals surface area contributed by atoms with Crippen molar-refractivity contribution in [2.75, 3.05) is 6.61 Å². The summed E-state index contributed by atoms with van der Waals surface area (Å²) < 4.78 is 2.04. The summed E-state index contributed by atoms with van der Waals surface area (Å²) in [6.45, 7) is 5.48. The number of aliphatic hydroxyl groups is 1. The molecular formula is C15H27N3O. The zero-order valence-corrected chi connectivity index (χ0v) is 12.2. The molecule has 4 heteroatoms. The summed E-state index contributed by atoms with van der Waals surface area (Å²) in [7, 11) is 0. The number of aromatic nitrogens is 2. The van der Waals surface area contributed by atoms with Gasteiger partial charge in [0, 0.05) is 31.4 Å². The minimum Gasteiger partial charge on any atom is -0.396 e. The molecular weight excluding hydrogens is 238 g/mol. The normalized spacial score (nSPS) is 25.4. The van der Waals surface area contributed by atoms with Crippen molar-refractivity contribution in [1.29, 1.82) is 0 Å². The van der Waals surface area contributed by atoms with Crippen LogP contribution in [0.2, 0.25) is 0 Å². The van der Waals surface area contributed by atoms with E-state index in [0.717, 1.165) is 25.1 Å². The molecule has 1 saturated carbocycles. The monoisotopic (exact) mass is 265 g/mol. The van der Waals surface area contributed by atoms with Crippen molar-refractivity contribution in [3.63, 3.8) is 0 Å². The first-order chi connectivity index (χ1) is 9.24. The van der Waals surface area contributed by atoms with Gasteiger partial charge >= 0.3 is 0 Å². The van der Waals surface area contributed by atoms with Crippen molar-refractivity contribution in [3.8, 4) is 0 Å². The summed E-state index contributed by atoms with van der Waals surface area (Å²) in [5.41, 5.74) is 1.10. The lowest BCUT2D eigenvalue weighted by Crippen LogP contribution is -2.39. The van der Waals surface area contributed by atoms with Crippen molar-refractivity contribution in [3.05, 3.63) is 18.0 Å². The molecule has 1 aromatic heterocycles. The third-order valence-electron chi connectivity index (χ3n) is 4.39. The first-order valence-corrected chi connectivity index (χ1v) is 7.62. The predicted molar refractivity (Wildman–Crippen MR) is 76.9 cm³/mol. The van der Waals surface area contributed by atoms with Crippen molar-refractivity contribution < 1.29 is 5.11 Å². The van der Waals surface area contributed by atoms with Gasteiger partial charge in [-0.3, -0.25) is 4.68 Å². The smallest absolute Gasteiger partial charge is 0.0762 e. The zero-order valence-electron chi connectivity index (χ0n) is 12.2. The second kappa shape index (κ2) is 7.06. The Bertz CT molecular complexity index is 377. The number of nitrogens with one attached hydrogen (secondary N) is 1. The Morgan fingerprint density at radius 2 is 2.26 bits per heavy atom. The zero-order chi connectivity index (χ0) is 13.7. The number of hydrogen-bond donors (Lipinski definition) is 2. The quantitative estimate of drug-likeness (QED) is 0.831. The van der Waals surface area contributed by atoms with Crippen LogP contribution in [0.15, 0.2) is 12.3 Å². The molecule has 0 amide bonds. The van der Waals surface area contributed by atoms with Crippen LogP contribution in [-0.4, -0.2) is 27.5 Å². The molecule has 0 radical (unpaired) electrons. The van der Waals surface area contributed by atoms with Crippen molar-refractivity contribution in [2.24, 2.45) is 5.92 Å². The van der Waals surface area contributed by atoms with E-state index in [-0.39, 0.29) is 0 Å². The highest BCUT2D eigenvalue weighted by atomic mass is 16.3. The Kier molecular flexibility index (Phi) is 5.40. The first-order valence-electron chi connectivity index (χ1n) is 7.62. The number of rotatable bonds is 6. The molecule has 1 aliphatic carbocycles. The van der Waals surface area contributed by atoms with Crippen LogP contribution < -0.4 is 5.32 Å². The fourth-order valence-electron chi connectivity index (χ4n) is 2.83. The van der Waals surface area contributed by atoms with E-state index in [1.54, 1.807) is 0 Å². The van der Waals surface area contributed by atoms with Crippen LogP contribution in [0.4, 0.5) is 0 Å². The van der Waals surface area contributed by atoms with E-state index in [9.17, 15) is 5.11 Å². The summed E-state index contributed by atoms with van der Waals surface area (Å²) in [6.07, 6.45) is 8.02. The van der Waals surface area contributed by atoms with Crippen LogP contribution in [0.3, 0.4) is 0 Å². The average molecular weight is 265 g/mol. The molecule has 3 atom stereocenters. The van der Waals surface area contributed by atoms with Gasteiger partial charge in [-0.1, -0.05) is 19.8 Å². The van der Waals surface area contributed by atoms with Gasteiger partial charge in [0.05, 0.1) is 5.69 Å². The van der Waals surface area contributed by atoms with Gasteiger partial charge in [0.25, 0.3) is 0 Å². The van der Waals surface area contributed by atoms with Gasteiger partial charge in [-0.05, 0) is 38.2 Å². The maximum Gasteiger partial charge on any atom is 0.0762 e. The van der Waals surface area contributed by atoms with E-state index in [4.69, 9.17) is 0 Å². The molecule has 0 bridgehead atoms. The highest BCUT2D eigenvalue weighted by Gasteiger charge is 2.23. The molecule has 1 fully saturated rings. The fraction of sp³-hybridized carbons (Fsp3) is 0.800. The van der Waals surface area contributed by atoms with Gasteiger partial charge in [-0.25, -0.2) is 0 Å². The van der Waals surface area contributed by atoms with E-state index in [1.807, 2.05) is 4.68 Å². The van der Waals surface area contributed by atoms with Crippen LogP contribution in [0.1, 0.15) is 57.7 Å². The second-order valence-corrected chi connectivity index (χ2v) is 5.76. The van der Waals surface area contributed by atoms with Crippen LogP contribution >= 0.6 is 0 Å². The minimum atomic E-state index is 0.305. The molecule has 0 aromatic carbocycles. The molecule has 1 aliphatic rings. The van der Waals surface area contributed by atoms with Gasteiger partial charge in [0.15, 0.2) is 0 Å². The largest absolute Gasteiger partial charge is 0.396 e. The summed E-state index contributed by atoms with van der Waals surface area (Å²) in [6, 6.07) is 3.01. The van der Waals surface area contributed by atoms with Crippen LogP contribution in [-0.2, 0) is 6.54 Å². The molecule has 0 saturated heterocycles. The van der Waals surface area contributed by atoms with E-state index in [1.165, 1.54) is 19.3 Å². The van der Waals surface area contributed by atoms with E-state index in [0.29, 0.717) is 24.6 Å². The Hall–Kier alpha value is -0.870. The lowest BCUT2D eigenvalue weighted by molar-refractivity contribution is 0.152. The topological polar surface area (TPSA) is 50.1 Å². The van der Waals surface area contributed by atoms with Gasteiger partial charge in [-0.2, -0.15) is 5.10 Å².